The average Bonchev–Trinajstić information content (AvgIpc) is 3.47. The normalized spacial score (nSPS) is 11.0. The highest BCUT2D eigenvalue weighted by Gasteiger charge is 2.16. The summed E-state index contributed by atoms with van der Waals surface area (Å²) in [5, 5.41) is 3.47. The van der Waals surface area contributed by atoms with Gasteiger partial charge in [-0.1, -0.05) is 18.2 Å². The number of halogens is 1. The number of hydrogen-bond acceptors (Lipinski definition) is 4. The van der Waals surface area contributed by atoms with Crippen molar-refractivity contribution in [3.05, 3.63) is 97.0 Å². The largest absolute Gasteiger partial charge is 0.463 e. The Balaban J connectivity index is 1.51. The zero-order valence-corrected chi connectivity index (χ0v) is 15.6. The fraction of sp³-hybridized carbons (Fsp3) is 0. The number of furan rings is 1. The van der Waals surface area contributed by atoms with Crippen molar-refractivity contribution < 1.29 is 13.6 Å². The molecule has 146 valence electrons. The lowest BCUT2D eigenvalue weighted by atomic mass is 10.1. The van der Waals surface area contributed by atoms with E-state index < -0.39 is 5.82 Å². The monoisotopic (exact) mass is 398 g/mol. The van der Waals surface area contributed by atoms with Crippen LogP contribution in [-0.4, -0.2) is 20.4 Å². The summed E-state index contributed by atoms with van der Waals surface area (Å²) in [5.41, 5.74) is 2.33. The molecule has 0 spiro atoms. The first-order valence-corrected chi connectivity index (χ1v) is 9.22. The minimum Gasteiger partial charge on any atom is -0.463 e. The zero-order valence-electron chi connectivity index (χ0n) is 15.6. The van der Waals surface area contributed by atoms with E-state index >= 15 is 0 Å². The van der Waals surface area contributed by atoms with E-state index in [-0.39, 0.29) is 5.91 Å². The van der Waals surface area contributed by atoms with Crippen molar-refractivity contribution >= 4 is 22.5 Å². The molecule has 0 saturated carbocycles. The molecule has 7 heteroatoms. The van der Waals surface area contributed by atoms with E-state index in [1.807, 2.05) is 24.3 Å². The van der Waals surface area contributed by atoms with Crippen molar-refractivity contribution in [1.82, 2.24) is 14.5 Å². The minimum atomic E-state index is -0.471. The van der Waals surface area contributed by atoms with Gasteiger partial charge in [-0.25, -0.2) is 14.4 Å². The smallest absolute Gasteiger partial charge is 0.256 e. The van der Waals surface area contributed by atoms with Gasteiger partial charge in [0, 0.05) is 23.5 Å². The third-order valence-corrected chi connectivity index (χ3v) is 4.72. The number of nitrogens with one attached hydrogen (secondary N) is 1. The highest BCUT2D eigenvalue weighted by Crippen LogP contribution is 2.26. The van der Waals surface area contributed by atoms with Crippen molar-refractivity contribution in [2.24, 2.45) is 0 Å². The van der Waals surface area contributed by atoms with E-state index in [1.165, 1.54) is 12.4 Å². The topological polar surface area (TPSA) is 73.0 Å². The van der Waals surface area contributed by atoms with Crippen LogP contribution in [0.15, 0.2) is 90.1 Å². The number of benzene rings is 2. The van der Waals surface area contributed by atoms with Crippen molar-refractivity contribution in [2.45, 2.75) is 0 Å². The Bertz CT molecular complexity index is 1350. The Kier molecular flexibility index (Phi) is 4.33. The van der Waals surface area contributed by atoms with E-state index in [1.54, 1.807) is 53.6 Å². The van der Waals surface area contributed by atoms with Gasteiger partial charge in [0.05, 0.1) is 29.4 Å². The highest BCUT2D eigenvalue weighted by atomic mass is 19.1. The number of para-hydroxylation sites is 1. The third-order valence-electron chi connectivity index (χ3n) is 4.72. The predicted octanol–water partition coefficient (Wildman–Crippen LogP) is 5.07. The second-order valence-corrected chi connectivity index (χ2v) is 6.64. The minimum absolute atomic E-state index is 0.347. The Morgan fingerprint density at radius 2 is 1.97 bits per heavy atom. The molecule has 30 heavy (non-hydrogen) atoms. The van der Waals surface area contributed by atoms with Crippen LogP contribution in [0, 0.1) is 5.82 Å². The summed E-state index contributed by atoms with van der Waals surface area (Å²) in [4.78, 5) is 21.6. The summed E-state index contributed by atoms with van der Waals surface area (Å²) >= 11 is 0. The SMILES string of the molecule is O=C(Nc1ccc(-n2ccnc2)c(F)c1)c1cc(-c2ccco2)nc2ccccc12. The molecule has 1 N–H and O–H groups in total. The van der Waals surface area contributed by atoms with Gasteiger partial charge >= 0.3 is 0 Å². The van der Waals surface area contributed by atoms with Gasteiger partial charge < -0.3 is 14.3 Å². The van der Waals surface area contributed by atoms with Crippen molar-refractivity contribution in [3.63, 3.8) is 0 Å². The standard InChI is InChI=1S/C23H15FN4O2/c24-18-12-15(7-8-21(18)28-10-9-25-14-28)26-23(29)17-13-20(22-6-3-11-30-22)27-19-5-2-1-4-16(17)19/h1-14H,(H,26,29). The number of rotatable bonds is 4. The van der Waals surface area contributed by atoms with Crippen molar-refractivity contribution in [3.8, 4) is 17.1 Å². The van der Waals surface area contributed by atoms with Gasteiger partial charge in [0.15, 0.2) is 5.76 Å². The van der Waals surface area contributed by atoms with Gasteiger partial charge in [0.1, 0.15) is 11.5 Å². The van der Waals surface area contributed by atoms with Gasteiger partial charge in [-0.15, -0.1) is 0 Å². The van der Waals surface area contributed by atoms with Gasteiger partial charge in [-0.05, 0) is 42.5 Å². The summed E-state index contributed by atoms with van der Waals surface area (Å²) in [6, 6.07) is 17.1. The summed E-state index contributed by atoms with van der Waals surface area (Å²) < 4.78 is 21.5. The molecule has 3 heterocycles. The van der Waals surface area contributed by atoms with E-state index in [4.69, 9.17) is 4.42 Å². The Labute approximate surface area is 170 Å². The first-order valence-electron chi connectivity index (χ1n) is 9.22. The van der Waals surface area contributed by atoms with Crippen molar-refractivity contribution in [1.29, 1.82) is 0 Å². The summed E-state index contributed by atoms with van der Waals surface area (Å²) in [6.07, 6.45) is 6.28. The molecule has 0 atom stereocenters. The van der Waals surface area contributed by atoms with Crippen LogP contribution in [0.4, 0.5) is 10.1 Å². The Hall–Kier alpha value is -4.26. The molecule has 3 aromatic heterocycles. The van der Waals surface area contributed by atoms with Crippen LogP contribution >= 0.6 is 0 Å². The van der Waals surface area contributed by atoms with Crippen molar-refractivity contribution in [2.75, 3.05) is 5.32 Å². The van der Waals surface area contributed by atoms with Crippen LogP contribution in [0.2, 0.25) is 0 Å². The van der Waals surface area contributed by atoms with Gasteiger partial charge in [0.25, 0.3) is 5.91 Å². The van der Waals surface area contributed by atoms with E-state index in [2.05, 4.69) is 15.3 Å². The maximum atomic E-state index is 14.5. The average molecular weight is 398 g/mol. The molecule has 0 aliphatic carbocycles. The maximum absolute atomic E-state index is 14.5. The first kappa shape index (κ1) is 17.8. The first-order chi connectivity index (χ1) is 14.7. The van der Waals surface area contributed by atoms with E-state index in [9.17, 15) is 9.18 Å². The number of carbonyl (C=O) groups excluding carboxylic acids is 1. The molecule has 1 amide bonds. The van der Waals surface area contributed by atoms with Crippen LogP contribution in [0.25, 0.3) is 28.0 Å². The second kappa shape index (κ2) is 7.29. The highest BCUT2D eigenvalue weighted by molar-refractivity contribution is 6.13. The third kappa shape index (κ3) is 3.22. The molecule has 0 fully saturated rings. The number of carbonyl (C=O) groups is 1. The molecular weight excluding hydrogens is 383 g/mol. The summed E-state index contributed by atoms with van der Waals surface area (Å²) in [5.74, 6) is -0.275. The molecule has 0 aliphatic heterocycles. The number of pyridine rings is 1. The molecule has 5 aromatic rings. The second-order valence-electron chi connectivity index (χ2n) is 6.64. The van der Waals surface area contributed by atoms with E-state index in [0.717, 1.165) is 0 Å². The lowest BCUT2D eigenvalue weighted by Gasteiger charge is -2.11. The Morgan fingerprint density at radius 3 is 2.73 bits per heavy atom. The number of imidazole rings is 1. The zero-order chi connectivity index (χ0) is 20.5. The molecule has 2 aromatic carbocycles. The van der Waals surface area contributed by atoms with Crippen LogP contribution in [0.5, 0.6) is 0 Å². The van der Waals surface area contributed by atoms with Gasteiger partial charge in [-0.2, -0.15) is 0 Å². The molecule has 5 rings (SSSR count). The van der Waals surface area contributed by atoms with Crippen LogP contribution in [0.1, 0.15) is 10.4 Å². The number of amides is 1. The molecule has 0 saturated heterocycles. The summed E-state index contributed by atoms with van der Waals surface area (Å²) in [7, 11) is 0. The number of aromatic nitrogens is 3. The van der Waals surface area contributed by atoms with Gasteiger partial charge in [-0.3, -0.25) is 4.79 Å². The molecule has 0 bridgehead atoms. The summed E-state index contributed by atoms with van der Waals surface area (Å²) in [6.45, 7) is 0. The molecule has 6 nitrogen and oxygen atoms in total. The quantitative estimate of drug-likeness (QED) is 0.459. The fourth-order valence-corrected chi connectivity index (χ4v) is 3.31. The lowest BCUT2D eigenvalue weighted by Crippen LogP contribution is -2.13. The maximum Gasteiger partial charge on any atom is 0.256 e. The predicted molar refractivity (Wildman–Crippen MR) is 111 cm³/mol. The van der Waals surface area contributed by atoms with Crippen LogP contribution in [0.3, 0.4) is 0 Å². The van der Waals surface area contributed by atoms with Gasteiger partial charge in [0.2, 0.25) is 0 Å². The number of anilines is 1. The van der Waals surface area contributed by atoms with Crippen LogP contribution < -0.4 is 5.32 Å². The molecule has 0 radical (unpaired) electrons. The fourth-order valence-electron chi connectivity index (χ4n) is 3.31. The molecule has 0 aliphatic rings. The Morgan fingerprint density at radius 1 is 1.07 bits per heavy atom. The number of fused-ring (bicyclic) bond motifs is 1. The van der Waals surface area contributed by atoms with E-state index in [0.29, 0.717) is 39.3 Å². The lowest BCUT2D eigenvalue weighted by molar-refractivity contribution is 0.102. The molecular formula is C23H15FN4O2. The number of hydrogen-bond donors (Lipinski definition) is 1. The van der Waals surface area contributed by atoms with Crippen LogP contribution in [-0.2, 0) is 0 Å². The molecule has 0 unspecified atom stereocenters. The number of nitrogens with zero attached hydrogens (tertiary/aromatic N) is 3.